The van der Waals surface area contributed by atoms with E-state index in [0.717, 1.165) is 12.8 Å². The molecule has 1 aliphatic heterocycles. The van der Waals surface area contributed by atoms with Gasteiger partial charge in [-0.25, -0.2) is 8.42 Å². The van der Waals surface area contributed by atoms with Gasteiger partial charge in [0.2, 0.25) is 10.0 Å². The van der Waals surface area contributed by atoms with E-state index in [2.05, 4.69) is 0 Å². The van der Waals surface area contributed by atoms with Gasteiger partial charge in [-0.15, -0.1) is 12.4 Å². The second-order valence-electron chi connectivity index (χ2n) is 4.22. The molecule has 0 saturated carbocycles. The number of piperidine rings is 1. The Morgan fingerprint density at radius 1 is 1.39 bits per heavy atom. The van der Waals surface area contributed by atoms with Crippen LogP contribution in [0.1, 0.15) is 12.8 Å². The van der Waals surface area contributed by atoms with Crippen molar-refractivity contribution in [3.05, 3.63) is 29.3 Å². The third-order valence-electron chi connectivity index (χ3n) is 2.85. The molecule has 1 aliphatic rings. The smallest absolute Gasteiger partial charge is 0.243 e. The Labute approximate surface area is 119 Å². The quantitative estimate of drug-likeness (QED) is 0.907. The van der Waals surface area contributed by atoms with Crippen molar-refractivity contribution in [3.63, 3.8) is 0 Å². The third kappa shape index (κ3) is 3.36. The molecule has 102 valence electrons. The van der Waals surface area contributed by atoms with E-state index in [1.807, 2.05) is 0 Å². The van der Waals surface area contributed by atoms with Crippen molar-refractivity contribution < 1.29 is 8.42 Å². The molecule has 1 fully saturated rings. The van der Waals surface area contributed by atoms with Crippen molar-refractivity contribution >= 4 is 34.0 Å². The lowest BCUT2D eigenvalue weighted by Crippen LogP contribution is -2.45. The van der Waals surface area contributed by atoms with Crippen molar-refractivity contribution in [1.82, 2.24) is 4.31 Å². The summed E-state index contributed by atoms with van der Waals surface area (Å²) in [6.07, 6.45) is 1.68. The van der Waals surface area contributed by atoms with Gasteiger partial charge in [-0.3, -0.25) is 0 Å². The summed E-state index contributed by atoms with van der Waals surface area (Å²) in [5.41, 5.74) is 5.80. The van der Waals surface area contributed by atoms with Crippen molar-refractivity contribution in [3.8, 4) is 0 Å². The van der Waals surface area contributed by atoms with Crippen LogP contribution in [0.4, 0.5) is 0 Å². The molecule has 1 atom stereocenters. The Bertz CT molecular complexity index is 508. The van der Waals surface area contributed by atoms with Gasteiger partial charge in [0.25, 0.3) is 0 Å². The van der Waals surface area contributed by atoms with Crippen molar-refractivity contribution in [2.75, 3.05) is 13.1 Å². The number of nitrogens with zero attached hydrogens (tertiary/aromatic N) is 1. The van der Waals surface area contributed by atoms with Gasteiger partial charge in [0.15, 0.2) is 0 Å². The summed E-state index contributed by atoms with van der Waals surface area (Å²) in [5, 5.41) is 0.424. The molecule has 4 nitrogen and oxygen atoms in total. The predicted molar refractivity (Wildman–Crippen MR) is 74.7 cm³/mol. The van der Waals surface area contributed by atoms with Crippen LogP contribution in [0.3, 0.4) is 0 Å². The number of benzene rings is 1. The van der Waals surface area contributed by atoms with E-state index in [0.29, 0.717) is 18.1 Å². The Morgan fingerprint density at radius 2 is 2.11 bits per heavy atom. The molecule has 0 bridgehead atoms. The fourth-order valence-corrected chi connectivity index (χ4v) is 3.81. The molecule has 1 aromatic carbocycles. The van der Waals surface area contributed by atoms with Gasteiger partial charge < -0.3 is 5.73 Å². The molecular weight excluding hydrogens is 295 g/mol. The summed E-state index contributed by atoms with van der Waals surface area (Å²) in [7, 11) is -3.45. The summed E-state index contributed by atoms with van der Waals surface area (Å²) >= 11 is 5.81. The zero-order chi connectivity index (χ0) is 12.5. The van der Waals surface area contributed by atoms with Crippen LogP contribution < -0.4 is 5.73 Å². The van der Waals surface area contributed by atoms with Gasteiger partial charge >= 0.3 is 0 Å². The van der Waals surface area contributed by atoms with Gasteiger partial charge in [0, 0.05) is 24.2 Å². The number of hydrogen-bond acceptors (Lipinski definition) is 3. The standard InChI is InChI=1S/C11H15ClN2O2S.ClH/c12-9-3-1-5-11(7-9)17(15,16)14-6-2-4-10(13)8-14;/h1,3,5,7,10H,2,4,6,8,13H2;1H. The fourth-order valence-electron chi connectivity index (χ4n) is 1.97. The second kappa shape index (κ2) is 6.21. The van der Waals surface area contributed by atoms with Gasteiger partial charge in [-0.05, 0) is 31.0 Å². The fraction of sp³-hybridized carbons (Fsp3) is 0.455. The molecular formula is C11H16Cl2N2O2S. The zero-order valence-corrected chi connectivity index (χ0v) is 12.1. The molecule has 1 unspecified atom stereocenters. The van der Waals surface area contributed by atoms with Crippen LogP contribution in [0.5, 0.6) is 0 Å². The number of sulfonamides is 1. The first kappa shape index (κ1) is 15.7. The summed E-state index contributed by atoms with van der Waals surface area (Å²) in [6.45, 7) is 0.914. The van der Waals surface area contributed by atoms with Crippen molar-refractivity contribution in [2.24, 2.45) is 5.73 Å². The van der Waals surface area contributed by atoms with Crippen LogP contribution in [-0.2, 0) is 10.0 Å². The Kier molecular flexibility index (Phi) is 5.43. The molecule has 0 radical (unpaired) electrons. The molecule has 2 rings (SSSR count). The highest BCUT2D eigenvalue weighted by Gasteiger charge is 2.28. The molecule has 0 aromatic heterocycles. The maximum atomic E-state index is 12.3. The normalized spacial score (nSPS) is 21.3. The molecule has 1 heterocycles. The van der Waals surface area contributed by atoms with Crippen molar-refractivity contribution in [1.29, 1.82) is 0 Å². The zero-order valence-electron chi connectivity index (χ0n) is 9.75. The van der Waals surface area contributed by atoms with E-state index >= 15 is 0 Å². The molecule has 0 amide bonds. The topological polar surface area (TPSA) is 63.4 Å². The number of hydrogen-bond donors (Lipinski definition) is 1. The lowest BCUT2D eigenvalue weighted by Gasteiger charge is -2.29. The minimum atomic E-state index is -3.45. The average molecular weight is 311 g/mol. The van der Waals surface area contributed by atoms with Gasteiger partial charge in [-0.2, -0.15) is 4.31 Å². The maximum Gasteiger partial charge on any atom is 0.243 e. The Hall–Kier alpha value is -0.330. The molecule has 0 aliphatic carbocycles. The van der Waals surface area contributed by atoms with Crippen LogP contribution >= 0.6 is 24.0 Å². The van der Waals surface area contributed by atoms with E-state index in [9.17, 15) is 8.42 Å². The van der Waals surface area contributed by atoms with Crippen molar-refractivity contribution in [2.45, 2.75) is 23.8 Å². The average Bonchev–Trinajstić information content (AvgIpc) is 2.29. The van der Waals surface area contributed by atoms with Crippen LogP contribution in [0, 0.1) is 0 Å². The SMILES string of the molecule is Cl.NC1CCCN(S(=O)(=O)c2cccc(Cl)c2)C1. The molecule has 7 heteroatoms. The second-order valence-corrected chi connectivity index (χ2v) is 6.60. The first-order valence-corrected chi connectivity index (χ1v) is 7.33. The highest BCUT2D eigenvalue weighted by atomic mass is 35.5. The van der Waals surface area contributed by atoms with E-state index in [1.165, 1.54) is 10.4 Å². The van der Waals surface area contributed by atoms with Gasteiger partial charge in [-0.1, -0.05) is 17.7 Å². The lowest BCUT2D eigenvalue weighted by atomic mass is 10.1. The summed E-state index contributed by atoms with van der Waals surface area (Å²) in [5.74, 6) is 0. The minimum absolute atomic E-state index is 0. The first-order valence-electron chi connectivity index (χ1n) is 5.51. The summed E-state index contributed by atoms with van der Waals surface area (Å²) < 4.78 is 26.0. The lowest BCUT2D eigenvalue weighted by molar-refractivity contribution is 0.316. The van der Waals surface area contributed by atoms with Crippen LogP contribution in [0.25, 0.3) is 0 Å². The highest BCUT2D eigenvalue weighted by molar-refractivity contribution is 7.89. The van der Waals surface area contributed by atoms with E-state index in [1.54, 1.807) is 18.2 Å². The van der Waals surface area contributed by atoms with E-state index in [4.69, 9.17) is 17.3 Å². The molecule has 1 aromatic rings. The molecule has 1 saturated heterocycles. The third-order valence-corrected chi connectivity index (χ3v) is 4.95. The Morgan fingerprint density at radius 3 is 2.72 bits per heavy atom. The van der Waals surface area contributed by atoms with Crippen LogP contribution in [-0.4, -0.2) is 31.9 Å². The Balaban J connectivity index is 0.00000162. The van der Waals surface area contributed by atoms with E-state index in [-0.39, 0.29) is 23.3 Å². The first-order chi connectivity index (χ1) is 8.00. The van der Waals surface area contributed by atoms with E-state index < -0.39 is 10.0 Å². The van der Waals surface area contributed by atoms with Crippen LogP contribution in [0.2, 0.25) is 5.02 Å². The predicted octanol–water partition coefficient (Wildman–Crippen LogP) is 1.87. The number of rotatable bonds is 2. The summed E-state index contributed by atoms with van der Waals surface area (Å²) in [4.78, 5) is 0.235. The monoisotopic (exact) mass is 310 g/mol. The highest BCUT2D eigenvalue weighted by Crippen LogP contribution is 2.22. The summed E-state index contributed by atoms with van der Waals surface area (Å²) in [6, 6.07) is 6.25. The number of halogens is 2. The van der Waals surface area contributed by atoms with Crippen LogP contribution in [0.15, 0.2) is 29.2 Å². The molecule has 2 N–H and O–H groups in total. The molecule has 0 spiro atoms. The van der Waals surface area contributed by atoms with Gasteiger partial charge in [0.1, 0.15) is 0 Å². The molecule has 18 heavy (non-hydrogen) atoms. The largest absolute Gasteiger partial charge is 0.327 e. The number of nitrogens with two attached hydrogens (primary N) is 1. The maximum absolute atomic E-state index is 12.3. The van der Waals surface area contributed by atoms with Gasteiger partial charge in [0.05, 0.1) is 4.90 Å². The minimum Gasteiger partial charge on any atom is -0.327 e.